The van der Waals surface area contributed by atoms with Crippen LogP contribution in [0, 0.1) is 0 Å². The minimum Gasteiger partial charge on any atom is -0.350 e. The summed E-state index contributed by atoms with van der Waals surface area (Å²) < 4.78 is 0. The molecule has 0 radical (unpaired) electrons. The first-order valence-corrected chi connectivity index (χ1v) is 13.3. The van der Waals surface area contributed by atoms with Crippen LogP contribution in [0.5, 0.6) is 0 Å². The molecule has 0 aromatic heterocycles. The second kappa shape index (κ2) is 12.7. The Hall–Kier alpha value is -3.72. The fourth-order valence-electron chi connectivity index (χ4n) is 5.18. The van der Waals surface area contributed by atoms with Crippen LogP contribution in [0.4, 0.5) is 0 Å². The Morgan fingerprint density at radius 1 is 0.947 bits per heavy atom. The average Bonchev–Trinajstić information content (AvgIpc) is 3.36. The molecule has 2 heterocycles. The van der Waals surface area contributed by atoms with Crippen molar-refractivity contribution in [3.63, 3.8) is 0 Å². The number of nitrogens with one attached hydrogen (secondary N) is 3. The quantitative estimate of drug-likeness (QED) is 0.486. The van der Waals surface area contributed by atoms with Crippen molar-refractivity contribution in [2.75, 3.05) is 20.1 Å². The lowest BCUT2D eigenvalue weighted by Gasteiger charge is -2.39. The Labute approximate surface area is 223 Å². The van der Waals surface area contributed by atoms with Gasteiger partial charge in [0.05, 0.1) is 12.5 Å². The fraction of sp³-hybridized carbons (Fsp3) is 0.448. The molecule has 2 aliphatic heterocycles. The fourth-order valence-corrected chi connectivity index (χ4v) is 5.18. The molecular weight excluding hydrogens is 482 g/mol. The van der Waals surface area contributed by atoms with Crippen LogP contribution in [0.3, 0.4) is 0 Å². The van der Waals surface area contributed by atoms with E-state index in [0.29, 0.717) is 32.4 Å². The Kier molecular flexibility index (Phi) is 9.12. The molecule has 0 bridgehead atoms. The molecule has 2 fully saturated rings. The summed E-state index contributed by atoms with van der Waals surface area (Å²) >= 11 is 0. The second-order valence-electron chi connectivity index (χ2n) is 10.1. The smallest absolute Gasteiger partial charge is 0.247 e. The Morgan fingerprint density at radius 2 is 1.61 bits per heavy atom. The molecule has 202 valence electrons. The van der Waals surface area contributed by atoms with Gasteiger partial charge in [0.2, 0.25) is 23.6 Å². The first-order chi connectivity index (χ1) is 18.4. The summed E-state index contributed by atoms with van der Waals surface area (Å²) in [6.07, 6.45) is 2.02. The second-order valence-corrected chi connectivity index (χ2v) is 10.1. The molecule has 2 aromatic rings. The highest BCUT2D eigenvalue weighted by Gasteiger charge is 2.45. The van der Waals surface area contributed by atoms with Crippen molar-refractivity contribution in [2.24, 2.45) is 0 Å². The number of benzene rings is 2. The summed E-state index contributed by atoms with van der Waals surface area (Å²) in [6, 6.07) is 16.9. The van der Waals surface area contributed by atoms with E-state index >= 15 is 0 Å². The first-order valence-electron chi connectivity index (χ1n) is 13.3. The van der Waals surface area contributed by atoms with E-state index in [1.165, 1.54) is 0 Å². The summed E-state index contributed by atoms with van der Waals surface area (Å²) in [5, 5.41) is 8.71. The normalized spacial score (nSPS) is 22.2. The van der Waals surface area contributed by atoms with Crippen molar-refractivity contribution < 1.29 is 19.2 Å². The van der Waals surface area contributed by atoms with Crippen molar-refractivity contribution in [1.82, 2.24) is 25.8 Å². The van der Waals surface area contributed by atoms with E-state index in [1.807, 2.05) is 60.7 Å². The van der Waals surface area contributed by atoms with Crippen molar-refractivity contribution in [1.29, 1.82) is 0 Å². The molecule has 4 atom stereocenters. The predicted octanol–water partition coefficient (Wildman–Crippen LogP) is 1.23. The highest BCUT2D eigenvalue weighted by atomic mass is 16.2. The van der Waals surface area contributed by atoms with Gasteiger partial charge in [-0.1, -0.05) is 60.7 Å². The Bertz CT molecular complexity index is 1130. The lowest BCUT2D eigenvalue weighted by Crippen LogP contribution is -2.62. The zero-order valence-electron chi connectivity index (χ0n) is 22.1. The molecule has 0 spiro atoms. The zero-order chi connectivity index (χ0) is 27.1. The number of rotatable bonds is 8. The van der Waals surface area contributed by atoms with Gasteiger partial charge in [-0.25, -0.2) is 0 Å². The lowest BCUT2D eigenvalue weighted by atomic mass is 10.0. The number of hydrogen-bond acceptors (Lipinski definition) is 5. The van der Waals surface area contributed by atoms with Crippen LogP contribution in [0.1, 0.15) is 37.3 Å². The molecule has 9 heteroatoms. The summed E-state index contributed by atoms with van der Waals surface area (Å²) in [4.78, 5) is 56.5. The van der Waals surface area contributed by atoms with E-state index < -0.39 is 18.1 Å². The third-order valence-electron chi connectivity index (χ3n) is 7.50. The standard InChI is InChI=1S/C29H37N5O4/c1-20(30-2)27(36)32-24-19-33(26(35)17-21-9-5-3-6-10-21)16-15-23-13-14-25(34(23)29(24)38)28(37)31-18-22-11-7-4-8-12-22/h3-12,20,23-25,30H,13-19H2,1-2H3,(H,31,37)(H,32,36)/t20-,23+,24-,25-/m0/s1. The SMILES string of the molecule is CN[C@@H](C)C(=O)N[C@H]1CN(C(=O)Cc2ccccc2)CC[C@H]2CC[C@@H](C(=O)NCc3ccccc3)N2C1=O. The molecule has 4 amide bonds. The topological polar surface area (TPSA) is 111 Å². The van der Waals surface area contributed by atoms with Gasteiger partial charge in [0.25, 0.3) is 0 Å². The number of likely N-dealkylation sites (N-methyl/N-ethyl adjacent to an activating group) is 1. The van der Waals surface area contributed by atoms with Crippen LogP contribution in [-0.4, -0.2) is 77.7 Å². The number of amides is 4. The van der Waals surface area contributed by atoms with Gasteiger partial charge in [-0.2, -0.15) is 0 Å². The highest BCUT2D eigenvalue weighted by Crippen LogP contribution is 2.29. The van der Waals surface area contributed by atoms with Crippen LogP contribution in [-0.2, 0) is 32.1 Å². The summed E-state index contributed by atoms with van der Waals surface area (Å²) in [7, 11) is 1.67. The third-order valence-corrected chi connectivity index (χ3v) is 7.50. The van der Waals surface area contributed by atoms with Crippen LogP contribution >= 0.6 is 0 Å². The van der Waals surface area contributed by atoms with Gasteiger partial charge in [0, 0.05) is 25.7 Å². The maximum absolute atomic E-state index is 13.9. The van der Waals surface area contributed by atoms with Crippen LogP contribution in [0.15, 0.2) is 60.7 Å². The van der Waals surface area contributed by atoms with E-state index in [-0.39, 0.29) is 42.6 Å². The van der Waals surface area contributed by atoms with Gasteiger partial charge in [0.15, 0.2) is 0 Å². The van der Waals surface area contributed by atoms with E-state index in [9.17, 15) is 19.2 Å². The van der Waals surface area contributed by atoms with E-state index in [0.717, 1.165) is 11.1 Å². The van der Waals surface area contributed by atoms with Crippen LogP contribution in [0.25, 0.3) is 0 Å². The van der Waals surface area contributed by atoms with Crippen molar-refractivity contribution in [3.8, 4) is 0 Å². The number of hydrogen-bond donors (Lipinski definition) is 3. The minimum atomic E-state index is -0.941. The first kappa shape index (κ1) is 27.3. The maximum Gasteiger partial charge on any atom is 0.247 e. The summed E-state index contributed by atoms with van der Waals surface area (Å²) in [5.41, 5.74) is 1.88. The van der Waals surface area contributed by atoms with E-state index in [4.69, 9.17) is 0 Å². The maximum atomic E-state index is 13.9. The molecule has 0 saturated carbocycles. The van der Waals surface area contributed by atoms with Gasteiger partial charge < -0.3 is 25.8 Å². The molecule has 38 heavy (non-hydrogen) atoms. The predicted molar refractivity (Wildman–Crippen MR) is 144 cm³/mol. The van der Waals surface area contributed by atoms with Gasteiger partial charge in [-0.3, -0.25) is 19.2 Å². The number of carbonyl (C=O) groups excluding carboxylic acids is 4. The molecule has 0 unspecified atom stereocenters. The molecule has 2 saturated heterocycles. The third kappa shape index (κ3) is 6.58. The van der Waals surface area contributed by atoms with Gasteiger partial charge in [-0.05, 0) is 44.4 Å². The zero-order valence-corrected chi connectivity index (χ0v) is 22.1. The van der Waals surface area contributed by atoms with Crippen LogP contribution < -0.4 is 16.0 Å². The molecule has 2 aliphatic rings. The minimum absolute atomic E-state index is 0.0637. The number of fused-ring (bicyclic) bond motifs is 1. The average molecular weight is 520 g/mol. The monoisotopic (exact) mass is 519 g/mol. The van der Waals surface area contributed by atoms with Crippen molar-refractivity contribution in [2.45, 2.75) is 63.3 Å². The lowest BCUT2D eigenvalue weighted by molar-refractivity contribution is -0.147. The van der Waals surface area contributed by atoms with Crippen molar-refractivity contribution >= 4 is 23.6 Å². The summed E-state index contributed by atoms with van der Waals surface area (Å²) in [5.74, 6) is -0.937. The number of nitrogens with zero attached hydrogens (tertiary/aromatic N) is 2. The molecule has 2 aromatic carbocycles. The number of carbonyl (C=O) groups is 4. The molecular formula is C29H37N5O4. The van der Waals surface area contributed by atoms with Crippen molar-refractivity contribution in [3.05, 3.63) is 71.8 Å². The molecule has 0 aliphatic carbocycles. The van der Waals surface area contributed by atoms with Gasteiger partial charge in [0.1, 0.15) is 12.1 Å². The molecule has 4 rings (SSSR count). The largest absolute Gasteiger partial charge is 0.350 e. The van der Waals surface area contributed by atoms with E-state index in [1.54, 1.807) is 23.8 Å². The van der Waals surface area contributed by atoms with Gasteiger partial charge >= 0.3 is 0 Å². The van der Waals surface area contributed by atoms with Crippen LogP contribution in [0.2, 0.25) is 0 Å². The highest BCUT2D eigenvalue weighted by molar-refractivity contribution is 5.94. The summed E-state index contributed by atoms with van der Waals surface area (Å²) in [6.45, 7) is 2.60. The molecule has 3 N–H and O–H groups in total. The molecule has 9 nitrogen and oxygen atoms in total. The Morgan fingerprint density at radius 3 is 2.26 bits per heavy atom. The van der Waals surface area contributed by atoms with E-state index in [2.05, 4.69) is 16.0 Å². The van der Waals surface area contributed by atoms with Gasteiger partial charge in [-0.15, -0.1) is 0 Å². The Balaban J connectivity index is 1.51.